The highest BCUT2D eigenvalue weighted by atomic mass is 16.3. The molecule has 2 aliphatic rings. The molecular weight excluding hydrogens is 246 g/mol. The Morgan fingerprint density at radius 3 is 2.47 bits per heavy atom. The molecule has 2 rings (SSSR count). The zero-order chi connectivity index (χ0) is 14.2. The summed E-state index contributed by atoms with van der Waals surface area (Å²) in [5.74, 6) is -0.331. The fourth-order valence-corrected chi connectivity index (χ4v) is 3.24. The van der Waals surface area contributed by atoms with Gasteiger partial charge in [-0.3, -0.25) is 14.5 Å². The van der Waals surface area contributed by atoms with Crippen LogP contribution in [0.3, 0.4) is 0 Å². The maximum Gasteiger partial charge on any atom is 0.237 e. The standard InChI is InChI=1S/C13H23N3O3/c1-9(2)12(19)16-5-3-4-13(16)7-15(8-13)10(6-17)11(14)18/h9-10,17H,3-8H2,1-2H3,(H2,14,18)/t10-/m0/s1. The number of nitrogens with zero attached hydrogens (tertiary/aromatic N) is 2. The lowest BCUT2D eigenvalue weighted by Gasteiger charge is -2.54. The van der Waals surface area contributed by atoms with Gasteiger partial charge in [-0.15, -0.1) is 0 Å². The van der Waals surface area contributed by atoms with Gasteiger partial charge in [0.1, 0.15) is 6.04 Å². The van der Waals surface area contributed by atoms with Gasteiger partial charge in [0.2, 0.25) is 11.8 Å². The van der Waals surface area contributed by atoms with Crippen LogP contribution in [0.4, 0.5) is 0 Å². The Bertz CT molecular complexity index is 377. The molecule has 2 saturated heterocycles. The Morgan fingerprint density at radius 1 is 1.37 bits per heavy atom. The normalized spacial score (nSPS) is 23.7. The fourth-order valence-electron chi connectivity index (χ4n) is 3.24. The molecule has 1 atom stereocenters. The van der Waals surface area contributed by atoms with Crippen LogP contribution in [0.25, 0.3) is 0 Å². The summed E-state index contributed by atoms with van der Waals surface area (Å²) in [6.45, 7) is 5.63. The Hall–Kier alpha value is -1.14. The molecule has 2 heterocycles. The molecule has 0 saturated carbocycles. The molecule has 2 aliphatic heterocycles. The molecule has 3 N–H and O–H groups in total. The smallest absolute Gasteiger partial charge is 0.237 e. The highest BCUT2D eigenvalue weighted by Gasteiger charge is 2.54. The third kappa shape index (κ3) is 2.34. The summed E-state index contributed by atoms with van der Waals surface area (Å²) in [5, 5.41) is 9.20. The third-order valence-electron chi connectivity index (χ3n) is 4.29. The van der Waals surface area contributed by atoms with Crippen LogP contribution in [0.5, 0.6) is 0 Å². The number of hydrogen-bond acceptors (Lipinski definition) is 4. The molecule has 1 spiro atoms. The summed E-state index contributed by atoms with van der Waals surface area (Å²) in [6.07, 6.45) is 1.98. The van der Waals surface area contributed by atoms with Gasteiger partial charge >= 0.3 is 0 Å². The molecule has 6 heteroatoms. The van der Waals surface area contributed by atoms with E-state index in [2.05, 4.69) is 0 Å². The summed E-state index contributed by atoms with van der Waals surface area (Å²) < 4.78 is 0. The first kappa shape index (κ1) is 14.3. The third-order valence-corrected chi connectivity index (χ3v) is 4.29. The van der Waals surface area contributed by atoms with Crippen molar-refractivity contribution in [2.24, 2.45) is 11.7 Å². The van der Waals surface area contributed by atoms with Crippen LogP contribution < -0.4 is 5.73 Å². The zero-order valence-corrected chi connectivity index (χ0v) is 11.6. The SMILES string of the molecule is CC(C)C(=O)N1CCCC12CN([C@@H](CO)C(N)=O)C2. The van der Waals surface area contributed by atoms with Gasteiger partial charge in [-0.05, 0) is 12.8 Å². The first-order valence-corrected chi connectivity index (χ1v) is 6.87. The van der Waals surface area contributed by atoms with Crippen LogP contribution in [0.2, 0.25) is 0 Å². The van der Waals surface area contributed by atoms with E-state index in [1.807, 2.05) is 23.6 Å². The van der Waals surface area contributed by atoms with E-state index in [0.29, 0.717) is 13.1 Å². The number of carbonyl (C=O) groups is 2. The van der Waals surface area contributed by atoms with E-state index in [4.69, 9.17) is 5.73 Å². The molecule has 0 unspecified atom stereocenters. The topological polar surface area (TPSA) is 86.9 Å². The van der Waals surface area contributed by atoms with Gasteiger partial charge in [0.15, 0.2) is 0 Å². The number of carbonyl (C=O) groups excluding carboxylic acids is 2. The van der Waals surface area contributed by atoms with Crippen LogP contribution in [0.1, 0.15) is 26.7 Å². The maximum absolute atomic E-state index is 12.2. The summed E-state index contributed by atoms with van der Waals surface area (Å²) in [7, 11) is 0. The molecule has 6 nitrogen and oxygen atoms in total. The second kappa shape index (κ2) is 5.09. The Balaban J connectivity index is 2.03. The molecule has 2 amide bonds. The van der Waals surface area contributed by atoms with Crippen LogP contribution in [0.15, 0.2) is 0 Å². The first-order valence-electron chi connectivity index (χ1n) is 6.87. The van der Waals surface area contributed by atoms with E-state index in [1.54, 1.807) is 0 Å². The van der Waals surface area contributed by atoms with Crippen molar-refractivity contribution < 1.29 is 14.7 Å². The van der Waals surface area contributed by atoms with Gasteiger partial charge in [-0.2, -0.15) is 0 Å². The largest absolute Gasteiger partial charge is 0.394 e. The van der Waals surface area contributed by atoms with Gasteiger partial charge in [0, 0.05) is 25.6 Å². The molecule has 0 aliphatic carbocycles. The number of aliphatic hydroxyl groups excluding tert-OH is 1. The van der Waals surface area contributed by atoms with Gasteiger partial charge in [0.05, 0.1) is 12.1 Å². The molecule has 0 aromatic heterocycles. The molecule has 0 aromatic rings. The Morgan fingerprint density at radius 2 is 2.00 bits per heavy atom. The van der Waals surface area contributed by atoms with Crippen molar-refractivity contribution >= 4 is 11.8 Å². The summed E-state index contributed by atoms with van der Waals surface area (Å²) in [4.78, 5) is 27.3. The van der Waals surface area contributed by atoms with Crippen molar-refractivity contribution in [2.45, 2.75) is 38.3 Å². The average molecular weight is 269 g/mol. The van der Waals surface area contributed by atoms with Crippen molar-refractivity contribution in [2.75, 3.05) is 26.2 Å². The molecule has 0 bridgehead atoms. The lowest BCUT2D eigenvalue weighted by atomic mass is 9.85. The van der Waals surface area contributed by atoms with Crippen molar-refractivity contribution in [3.05, 3.63) is 0 Å². The minimum absolute atomic E-state index is 0.00574. The van der Waals surface area contributed by atoms with Crippen molar-refractivity contribution in [3.8, 4) is 0 Å². The second-order valence-corrected chi connectivity index (χ2v) is 5.98. The van der Waals surface area contributed by atoms with Crippen LogP contribution in [0, 0.1) is 5.92 Å². The summed E-state index contributed by atoms with van der Waals surface area (Å²) in [5.41, 5.74) is 5.13. The second-order valence-electron chi connectivity index (χ2n) is 5.98. The fraction of sp³-hybridized carbons (Fsp3) is 0.846. The lowest BCUT2D eigenvalue weighted by Crippen LogP contribution is -2.72. The summed E-state index contributed by atoms with van der Waals surface area (Å²) >= 11 is 0. The van der Waals surface area contributed by atoms with Gasteiger partial charge in [-0.25, -0.2) is 0 Å². The number of rotatable bonds is 4. The lowest BCUT2D eigenvalue weighted by molar-refractivity contribution is -0.150. The van der Waals surface area contributed by atoms with Crippen LogP contribution >= 0.6 is 0 Å². The predicted octanol–water partition coefficient (Wildman–Crippen LogP) is -0.835. The van der Waals surface area contributed by atoms with E-state index in [1.165, 1.54) is 0 Å². The van der Waals surface area contributed by atoms with Gasteiger partial charge in [0.25, 0.3) is 0 Å². The molecule has 2 fully saturated rings. The molecule has 0 radical (unpaired) electrons. The highest BCUT2D eigenvalue weighted by molar-refractivity contribution is 5.81. The molecule has 19 heavy (non-hydrogen) atoms. The Kier molecular flexibility index (Phi) is 3.82. The molecular formula is C13H23N3O3. The van der Waals surface area contributed by atoms with E-state index in [0.717, 1.165) is 19.4 Å². The van der Waals surface area contributed by atoms with Gasteiger partial charge < -0.3 is 15.7 Å². The van der Waals surface area contributed by atoms with Crippen LogP contribution in [-0.2, 0) is 9.59 Å². The number of hydrogen-bond donors (Lipinski definition) is 2. The summed E-state index contributed by atoms with van der Waals surface area (Å²) in [6, 6.07) is -0.623. The highest BCUT2D eigenvalue weighted by Crippen LogP contribution is 2.39. The van der Waals surface area contributed by atoms with E-state index in [-0.39, 0.29) is 24.0 Å². The van der Waals surface area contributed by atoms with Crippen molar-refractivity contribution in [3.63, 3.8) is 0 Å². The average Bonchev–Trinajstić information content (AvgIpc) is 2.72. The van der Waals surface area contributed by atoms with Gasteiger partial charge in [-0.1, -0.05) is 13.8 Å². The number of nitrogens with two attached hydrogens (primary N) is 1. The number of aliphatic hydroxyl groups is 1. The zero-order valence-electron chi connectivity index (χ0n) is 11.6. The van der Waals surface area contributed by atoms with E-state index < -0.39 is 11.9 Å². The van der Waals surface area contributed by atoms with Crippen LogP contribution in [-0.4, -0.2) is 64.5 Å². The van der Waals surface area contributed by atoms with E-state index >= 15 is 0 Å². The number of primary amides is 1. The monoisotopic (exact) mass is 269 g/mol. The first-order chi connectivity index (χ1) is 8.91. The van der Waals surface area contributed by atoms with Crippen molar-refractivity contribution in [1.82, 2.24) is 9.80 Å². The molecule has 108 valence electrons. The quantitative estimate of drug-likeness (QED) is 0.697. The van der Waals surface area contributed by atoms with Crippen molar-refractivity contribution in [1.29, 1.82) is 0 Å². The number of amides is 2. The minimum Gasteiger partial charge on any atom is -0.394 e. The predicted molar refractivity (Wildman–Crippen MR) is 70.2 cm³/mol. The maximum atomic E-state index is 12.2. The minimum atomic E-state index is -0.623. The number of likely N-dealkylation sites (tertiary alicyclic amines) is 2. The molecule has 0 aromatic carbocycles. The Labute approximate surface area is 113 Å². The van der Waals surface area contributed by atoms with E-state index in [9.17, 15) is 14.7 Å².